The lowest BCUT2D eigenvalue weighted by Gasteiger charge is -2.10. The lowest BCUT2D eigenvalue weighted by molar-refractivity contribution is -0.136. The number of halogens is 2. The highest BCUT2D eigenvalue weighted by atomic mass is 35.5. The third-order valence-corrected chi connectivity index (χ3v) is 4.85. The maximum absolute atomic E-state index is 12.1. The molecule has 0 fully saturated rings. The summed E-state index contributed by atoms with van der Waals surface area (Å²) in [5.41, 5.74) is 3.63. The van der Waals surface area contributed by atoms with Gasteiger partial charge in [-0.25, -0.2) is 5.43 Å². The number of carbonyl (C=O) groups is 3. The standard InChI is InChI=1S/C25H22Cl2N4O5/c1-2-35-22-6-4-3-5-21(22)30-24(33)25(34)31-28-14-16-7-9-20(10-8-16)36-15-23(32)29-19-12-17(26)11-18(27)13-19/h3-14H,2,15H2,1H3,(H,29,32)(H,30,33)(H,31,34)/b28-14-. The highest BCUT2D eigenvalue weighted by Crippen LogP contribution is 2.24. The van der Waals surface area contributed by atoms with E-state index in [9.17, 15) is 14.4 Å². The monoisotopic (exact) mass is 528 g/mol. The number of carbonyl (C=O) groups excluding carboxylic acids is 3. The van der Waals surface area contributed by atoms with Crippen LogP contribution in [0.15, 0.2) is 71.8 Å². The molecule has 0 aliphatic rings. The highest BCUT2D eigenvalue weighted by molar-refractivity contribution is 6.39. The Morgan fingerprint density at radius 1 is 0.889 bits per heavy atom. The van der Waals surface area contributed by atoms with Crippen LogP contribution in [0.2, 0.25) is 10.0 Å². The molecule has 0 spiro atoms. The van der Waals surface area contributed by atoms with E-state index in [1.165, 1.54) is 6.21 Å². The third kappa shape index (κ3) is 8.30. The van der Waals surface area contributed by atoms with Crippen molar-refractivity contribution in [3.8, 4) is 11.5 Å². The summed E-state index contributed by atoms with van der Waals surface area (Å²) in [5, 5.41) is 9.72. The van der Waals surface area contributed by atoms with Gasteiger partial charge in [0, 0.05) is 15.7 Å². The van der Waals surface area contributed by atoms with E-state index < -0.39 is 11.8 Å². The molecule has 11 heteroatoms. The van der Waals surface area contributed by atoms with Crippen LogP contribution >= 0.6 is 23.2 Å². The lowest BCUT2D eigenvalue weighted by Crippen LogP contribution is -2.32. The van der Waals surface area contributed by atoms with Crippen LogP contribution in [0, 0.1) is 0 Å². The van der Waals surface area contributed by atoms with Crippen molar-refractivity contribution in [1.82, 2.24) is 5.43 Å². The number of para-hydroxylation sites is 2. The predicted molar refractivity (Wildman–Crippen MR) is 139 cm³/mol. The Hall–Kier alpha value is -4.08. The number of ether oxygens (including phenoxy) is 2. The van der Waals surface area contributed by atoms with Gasteiger partial charge in [-0.1, -0.05) is 35.3 Å². The van der Waals surface area contributed by atoms with E-state index in [0.717, 1.165) is 0 Å². The molecule has 0 radical (unpaired) electrons. The first kappa shape index (κ1) is 26.5. The summed E-state index contributed by atoms with van der Waals surface area (Å²) >= 11 is 11.8. The molecule has 36 heavy (non-hydrogen) atoms. The molecule has 186 valence electrons. The second-order valence-corrected chi connectivity index (χ2v) is 8.02. The van der Waals surface area contributed by atoms with Crippen LogP contribution in [-0.2, 0) is 14.4 Å². The van der Waals surface area contributed by atoms with Gasteiger partial charge in [0.1, 0.15) is 11.5 Å². The average Bonchev–Trinajstić information content (AvgIpc) is 2.84. The molecule has 0 unspecified atom stereocenters. The van der Waals surface area contributed by atoms with Gasteiger partial charge in [-0.3, -0.25) is 14.4 Å². The average molecular weight is 529 g/mol. The number of rotatable bonds is 9. The molecule has 0 aliphatic carbocycles. The molecule has 0 bridgehead atoms. The molecular weight excluding hydrogens is 507 g/mol. The summed E-state index contributed by atoms with van der Waals surface area (Å²) < 4.78 is 10.9. The summed E-state index contributed by atoms with van der Waals surface area (Å²) in [6, 6.07) is 18.1. The van der Waals surface area contributed by atoms with Crippen molar-refractivity contribution in [1.29, 1.82) is 0 Å². The van der Waals surface area contributed by atoms with Crippen LogP contribution < -0.4 is 25.5 Å². The van der Waals surface area contributed by atoms with Crippen molar-refractivity contribution in [2.24, 2.45) is 5.10 Å². The Morgan fingerprint density at radius 3 is 2.28 bits per heavy atom. The summed E-state index contributed by atoms with van der Waals surface area (Å²) in [5.74, 6) is -1.31. The minimum atomic E-state index is -0.940. The molecule has 0 aromatic heterocycles. The fraction of sp³-hybridized carbons (Fsp3) is 0.120. The smallest absolute Gasteiger partial charge is 0.329 e. The van der Waals surface area contributed by atoms with Crippen molar-refractivity contribution < 1.29 is 23.9 Å². The van der Waals surface area contributed by atoms with Gasteiger partial charge in [0.2, 0.25) is 0 Å². The Labute approximate surface area is 217 Å². The van der Waals surface area contributed by atoms with E-state index in [2.05, 4.69) is 21.2 Å². The predicted octanol–water partition coefficient (Wildman–Crippen LogP) is 4.50. The molecular formula is C25H22Cl2N4O5. The Kier molecular flexibility index (Phi) is 9.67. The maximum atomic E-state index is 12.1. The van der Waals surface area contributed by atoms with Crippen molar-refractivity contribution in [2.45, 2.75) is 6.92 Å². The number of hydrogen-bond acceptors (Lipinski definition) is 6. The minimum absolute atomic E-state index is 0.227. The van der Waals surface area contributed by atoms with Crippen LogP contribution in [0.25, 0.3) is 0 Å². The van der Waals surface area contributed by atoms with Crippen molar-refractivity contribution in [3.05, 3.63) is 82.3 Å². The zero-order valence-corrected chi connectivity index (χ0v) is 20.6. The number of amides is 3. The van der Waals surface area contributed by atoms with Gasteiger partial charge in [-0.15, -0.1) is 0 Å². The molecule has 3 rings (SSSR count). The van der Waals surface area contributed by atoms with Gasteiger partial charge in [0.05, 0.1) is 18.5 Å². The molecule has 9 nitrogen and oxygen atoms in total. The van der Waals surface area contributed by atoms with Gasteiger partial charge >= 0.3 is 11.8 Å². The number of benzene rings is 3. The van der Waals surface area contributed by atoms with E-state index in [-0.39, 0.29) is 12.5 Å². The summed E-state index contributed by atoms with van der Waals surface area (Å²) in [7, 11) is 0. The lowest BCUT2D eigenvalue weighted by atomic mass is 10.2. The molecule has 3 amide bonds. The first-order valence-corrected chi connectivity index (χ1v) is 11.4. The van der Waals surface area contributed by atoms with Gasteiger partial charge < -0.3 is 20.1 Å². The number of nitrogens with zero attached hydrogens (tertiary/aromatic N) is 1. The molecule has 0 saturated carbocycles. The fourth-order valence-corrected chi connectivity index (χ4v) is 3.39. The number of hydrogen-bond donors (Lipinski definition) is 3. The molecule has 3 aromatic carbocycles. The molecule has 3 N–H and O–H groups in total. The molecule has 0 atom stereocenters. The molecule has 3 aromatic rings. The second-order valence-electron chi connectivity index (χ2n) is 7.15. The number of hydrazone groups is 1. The molecule has 0 saturated heterocycles. The van der Waals surface area contributed by atoms with E-state index in [1.807, 2.05) is 6.92 Å². The first-order valence-electron chi connectivity index (χ1n) is 10.7. The van der Waals surface area contributed by atoms with Crippen LogP contribution in [0.1, 0.15) is 12.5 Å². The third-order valence-electron chi connectivity index (χ3n) is 4.42. The Balaban J connectivity index is 1.45. The Morgan fingerprint density at radius 2 is 1.58 bits per heavy atom. The zero-order chi connectivity index (χ0) is 25.9. The topological polar surface area (TPSA) is 118 Å². The quantitative estimate of drug-likeness (QED) is 0.214. The van der Waals surface area contributed by atoms with E-state index >= 15 is 0 Å². The first-order chi connectivity index (χ1) is 17.3. The minimum Gasteiger partial charge on any atom is -0.492 e. The van der Waals surface area contributed by atoms with Crippen LogP contribution in [0.4, 0.5) is 11.4 Å². The summed E-state index contributed by atoms with van der Waals surface area (Å²) in [6.07, 6.45) is 1.36. The largest absolute Gasteiger partial charge is 0.492 e. The molecule has 0 aliphatic heterocycles. The van der Waals surface area contributed by atoms with E-state index in [4.69, 9.17) is 32.7 Å². The zero-order valence-electron chi connectivity index (χ0n) is 19.1. The van der Waals surface area contributed by atoms with E-state index in [1.54, 1.807) is 66.7 Å². The SMILES string of the molecule is CCOc1ccccc1NC(=O)C(=O)N/N=C\c1ccc(OCC(=O)Nc2cc(Cl)cc(Cl)c2)cc1. The van der Waals surface area contributed by atoms with Gasteiger partial charge in [0.15, 0.2) is 6.61 Å². The normalized spacial score (nSPS) is 10.5. The van der Waals surface area contributed by atoms with Crippen molar-refractivity contribution in [3.63, 3.8) is 0 Å². The summed E-state index contributed by atoms with van der Waals surface area (Å²) in [4.78, 5) is 36.2. The van der Waals surface area contributed by atoms with Crippen molar-refractivity contribution in [2.75, 3.05) is 23.8 Å². The molecule has 0 heterocycles. The van der Waals surface area contributed by atoms with Crippen molar-refractivity contribution >= 4 is 58.5 Å². The van der Waals surface area contributed by atoms with Gasteiger partial charge in [-0.05, 0) is 67.1 Å². The van der Waals surface area contributed by atoms with Crippen LogP contribution in [0.5, 0.6) is 11.5 Å². The summed E-state index contributed by atoms with van der Waals surface area (Å²) in [6.45, 7) is 2.00. The van der Waals surface area contributed by atoms with Gasteiger partial charge in [0.25, 0.3) is 5.91 Å². The second kappa shape index (κ2) is 13.1. The maximum Gasteiger partial charge on any atom is 0.329 e. The fourth-order valence-electron chi connectivity index (χ4n) is 2.87. The number of nitrogens with one attached hydrogen (secondary N) is 3. The highest BCUT2D eigenvalue weighted by Gasteiger charge is 2.15. The number of anilines is 2. The van der Waals surface area contributed by atoms with Crippen LogP contribution in [-0.4, -0.2) is 37.1 Å². The van der Waals surface area contributed by atoms with Crippen LogP contribution in [0.3, 0.4) is 0 Å². The van der Waals surface area contributed by atoms with Gasteiger partial charge in [-0.2, -0.15) is 5.10 Å². The Bertz CT molecular complexity index is 1250. The van der Waals surface area contributed by atoms with E-state index in [0.29, 0.717) is 45.1 Å².